The van der Waals surface area contributed by atoms with Crippen molar-refractivity contribution in [3.8, 4) is 11.5 Å². The minimum atomic E-state index is -0.473. The largest absolute Gasteiger partial charge is 0.494 e. The first-order valence-electron chi connectivity index (χ1n) is 8.55. The molecule has 1 atom stereocenters. The lowest BCUT2D eigenvalue weighted by molar-refractivity contribution is 0.0943. The number of nitrogens with one attached hydrogen (secondary N) is 1. The van der Waals surface area contributed by atoms with E-state index in [1.54, 1.807) is 24.3 Å². The number of hydrogen-bond donors (Lipinski definition) is 1. The molecule has 6 heteroatoms. The van der Waals surface area contributed by atoms with Gasteiger partial charge in [0.2, 0.25) is 0 Å². The monoisotopic (exact) mass is 377 g/mol. The van der Waals surface area contributed by atoms with Crippen molar-refractivity contribution in [2.45, 2.75) is 32.4 Å². The van der Waals surface area contributed by atoms with Crippen LogP contribution >= 0.6 is 11.6 Å². The van der Waals surface area contributed by atoms with E-state index in [4.69, 9.17) is 21.1 Å². The Labute approximate surface area is 157 Å². The van der Waals surface area contributed by atoms with E-state index in [9.17, 15) is 9.18 Å². The molecule has 0 aromatic heterocycles. The Kier molecular flexibility index (Phi) is 5.67. The number of methoxy groups -OCH3 is 1. The second-order valence-corrected chi connectivity index (χ2v) is 6.83. The molecule has 1 saturated carbocycles. The van der Waals surface area contributed by atoms with E-state index in [0.717, 1.165) is 12.8 Å². The molecule has 0 aliphatic heterocycles. The molecule has 1 N–H and O–H groups in total. The van der Waals surface area contributed by atoms with Gasteiger partial charge in [0.25, 0.3) is 5.91 Å². The van der Waals surface area contributed by atoms with Crippen molar-refractivity contribution in [1.29, 1.82) is 0 Å². The molecule has 0 radical (unpaired) electrons. The van der Waals surface area contributed by atoms with Crippen LogP contribution in [0.3, 0.4) is 0 Å². The minimum absolute atomic E-state index is 0.0377. The highest BCUT2D eigenvalue weighted by atomic mass is 35.5. The smallest absolute Gasteiger partial charge is 0.256 e. The number of carbonyl (C=O) groups is 1. The van der Waals surface area contributed by atoms with Gasteiger partial charge in [-0.2, -0.15) is 0 Å². The zero-order valence-corrected chi connectivity index (χ0v) is 15.5. The first kappa shape index (κ1) is 18.5. The maximum Gasteiger partial charge on any atom is 0.256 e. The van der Waals surface area contributed by atoms with Crippen LogP contribution in [-0.4, -0.2) is 19.1 Å². The molecular weight excluding hydrogens is 357 g/mol. The number of carbonyl (C=O) groups excluding carboxylic acids is 1. The third-order valence-corrected chi connectivity index (χ3v) is 4.79. The van der Waals surface area contributed by atoms with Gasteiger partial charge in [-0.15, -0.1) is 0 Å². The maximum absolute atomic E-state index is 13.8. The molecule has 1 aliphatic rings. The van der Waals surface area contributed by atoms with Crippen LogP contribution in [0, 0.1) is 11.7 Å². The predicted molar refractivity (Wildman–Crippen MR) is 98.4 cm³/mol. The second-order valence-electron chi connectivity index (χ2n) is 6.42. The molecule has 3 rings (SSSR count). The van der Waals surface area contributed by atoms with Crippen molar-refractivity contribution in [2.24, 2.45) is 5.92 Å². The number of ether oxygens (including phenoxy) is 2. The predicted octanol–water partition coefficient (Wildman–Crippen LogP) is 4.60. The van der Waals surface area contributed by atoms with Crippen molar-refractivity contribution in [1.82, 2.24) is 5.32 Å². The summed E-state index contributed by atoms with van der Waals surface area (Å²) in [5, 5.41) is 3.09. The highest BCUT2D eigenvalue weighted by Gasteiger charge is 2.30. The summed E-state index contributed by atoms with van der Waals surface area (Å²) in [6.07, 6.45) is 2.33. The van der Waals surface area contributed by atoms with Gasteiger partial charge < -0.3 is 14.8 Å². The average Bonchev–Trinajstić information content (AvgIpc) is 3.45. The van der Waals surface area contributed by atoms with Gasteiger partial charge in [-0.1, -0.05) is 23.7 Å². The molecule has 1 unspecified atom stereocenters. The third-order valence-electron chi connectivity index (χ3n) is 4.47. The van der Waals surface area contributed by atoms with Crippen molar-refractivity contribution in [2.75, 3.05) is 7.11 Å². The summed E-state index contributed by atoms with van der Waals surface area (Å²) in [5.41, 5.74) is 0.924. The van der Waals surface area contributed by atoms with Gasteiger partial charge in [-0.3, -0.25) is 4.79 Å². The molecule has 26 heavy (non-hydrogen) atoms. The van der Waals surface area contributed by atoms with E-state index >= 15 is 0 Å². The first-order chi connectivity index (χ1) is 12.5. The Bertz CT molecular complexity index is 808. The van der Waals surface area contributed by atoms with Gasteiger partial charge in [0.15, 0.2) is 11.6 Å². The van der Waals surface area contributed by atoms with E-state index in [1.165, 1.54) is 19.2 Å². The van der Waals surface area contributed by atoms with E-state index < -0.39 is 5.82 Å². The summed E-state index contributed by atoms with van der Waals surface area (Å²) in [7, 11) is 1.40. The minimum Gasteiger partial charge on any atom is -0.494 e. The van der Waals surface area contributed by atoms with Crippen molar-refractivity contribution in [3.63, 3.8) is 0 Å². The van der Waals surface area contributed by atoms with Crippen molar-refractivity contribution >= 4 is 17.5 Å². The summed E-state index contributed by atoms with van der Waals surface area (Å²) in [6, 6.07) is 9.70. The van der Waals surface area contributed by atoms with Crippen LogP contribution in [0.15, 0.2) is 36.4 Å². The Morgan fingerprint density at radius 2 is 2.08 bits per heavy atom. The van der Waals surface area contributed by atoms with Gasteiger partial charge >= 0.3 is 0 Å². The number of rotatable bonds is 7. The normalized spacial score (nSPS) is 14.6. The Morgan fingerprint density at radius 3 is 2.73 bits per heavy atom. The Morgan fingerprint density at radius 1 is 1.31 bits per heavy atom. The van der Waals surface area contributed by atoms with Gasteiger partial charge in [0, 0.05) is 6.54 Å². The van der Waals surface area contributed by atoms with Crippen LogP contribution < -0.4 is 14.8 Å². The molecule has 138 valence electrons. The fourth-order valence-corrected chi connectivity index (χ4v) is 3.03. The fourth-order valence-electron chi connectivity index (χ4n) is 2.78. The van der Waals surface area contributed by atoms with Gasteiger partial charge in [0.05, 0.1) is 23.8 Å². The number of hydrogen-bond acceptors (Lipinski definition) is 3. The fraction of sp³-hybridized carbons (Fsp3) is 0.350. The van der Waals surface area contributed by atoms with Gasteiger partial charge in [-0.05, 0) is 55.5 Å². The zero-order chi connectivity index (χ0) is 18.7. The molecule has 1 aliphatic carbocycles. The lowest BCUT2D eigenvalue weighted by Gasteiger charge is -2.17. The number of amides is 1. The summed E-state index contributed by atoms with van der Waals surface area (Å²) in [6.45, 7) is 2.17. The van der Waals surface area contributed by atoms with Gasteiger partial charge in [-0.25, -0.2) is 4.39 Å². The van der Waals surface area contributed by atoms with E-state index in [2.05, 4.69) is 5.32 Å². The highest BCUT2D eigenvalue weighted by molar-refractivity contribution is 6.34. The van der Waals surface area contributed by atoms with Crippen LogP contribution in [-0.2, 0) is 6.54 Å². The molecule has 0 saturated heterocycles. The van der Waals surface area contributed by atoms with Crippen LogP contribution in [0.5, 0.6) is 11.5 Å². The third kappa shape index (κ3) is 4.28. The topological polar surface area (TPSA) is 47.6 Å². The molecular formula is C20H21ClFNO3. The second kappa shape index (κ2) is 7.96. The SMILES string of the molecule is COc1ccc(CNC(=O)c2c(Cl)cccc2OC(C)C2CC2)cc1F. The summed E-state index contributed by atoms with van der Waals surface area (Å²) in [5.74, 6) is 0.336. The maximum atomic E-state index is 13.8. The summed E-state index contributed by atoms with van der Waals surface area (Å²) in [4.78, 5) is 12.6. The Hall–Kier alpha value is -2.27. The van der Waals surface area contributed by atoms with Crippen molar-refractivity contribution < 1.29 is 18.7 Å². The molecule has 4 nitrogen and oxygen atoms in total. The van der Waals surface area contributed by atoms with Crippen LogP contribution in [0.25, 0.3) is 0 Å². The molecule has 2 aromatic carbocycles. The quantitative estimate of drug-likeness (QED) is 0.767. The molecule has 1 fully saturated rings. The Balaban J connectivity index is 1.71. The standard InChI is InChI=1S/C20H21ClFNO3/c1-12(14-7-8-14)26-18-5-3-4-15(21)19(18)20(24)23-11-13-6-9-17(25-2)16(22)10-13/h3-6,9-10,12,14H,7-8,11H2,1-2H3,(H,23,24). The van der Waals surface area contributed by atoms with Crippen LogP contribution in [0.4, 0.5) is 4.39 Å². The van der Waals surface area contributed by atoms with Gasteiger partial charge in [0.1, 0.15) is 5.75 Å². The molecule has 1 amide bonds. The zero-order valence-electron chi connectivity index (χ0n) is 14.7. The average molecular weight is 378 g/mol. The number of halogens is 2. The lowest BCUT2D eigenvalue weighted by Crippen LogP contribution is -2.25. The summed E-state index contributed by atoms with van der Waals surface area (Å²) < 4.78 is 24.6. The molecule has 0 bridgehead atoms. The first-order valence-corrected chi connectivity index (χ1v) is 8.93. The van der Waals surface area contributed by atoms with E-state index in [-0.39, 0.29) is 24.3 Å². The van der Waals surface area contributed by atoms with Crippen LogP contribution in [0.1, 0.15) is 35.7 Å². The van der Waals surface area contributed by atoms with Crippen molar-refractivity contribution in [3.05, 3.63) is 58.4 Å². The highest BCUT2D eigenvalue weighted by Crippen LogP contribution is 2.36. The lowest BCUT2D eigenvalue weighted by atomic mass is 10.1. The number of benzene rings is 2. The summed E-state index contributed by atoms with van der Waals surface area (Å²) >= 11 is 6.23. The molecule has 0 spiro atoms. The molecule has 0 heterocycles. The van der Waals surface area contributed by atoms with E-state index in [1.807, 2.05) is 6.92 Å². The van der Waals surface area contributed by atoms with E-state index in [0.29, 0.717) is 27.8 Å². The molecule has 2 aromatic rings. The van der Waals surface area contributed by atoms with Crippen LogP contribution in [0.2, 0.25) is 5.02 Å².